The van der Waals surface area contributed by atoms with E-state index < -0.39 is 0 Å². The van der Waals surface area contributed by atoms with E-state index in [9.17, 15) is 0 Å². The Morgan fingerprint density at radius 3 is 2.67 bits per heavy atom. The third-order valence-electron chi connectivity index (χ3n) is 1.43. The Balaban J connectivity index is 0. The van der Waals surface area contributed by atoms with Crippen molar-refractivity contribution in [3.05, 3.63) is 30.1 Å². The predicted octanol–water partition coefficient (Wildman–Crippen LogP) is -2.56. The highest BCUT2D eigenvalue weighted by atomic mass is 35.5. The third kappa shape index (κ3) is 4.54. The van der Waals surface area contributed by atoms with Gasteiger partial charge in [0, 0.05) is 11.6 Å². The molecule has 0 radical (unpaired) electrons. The van der Waals surface area contributed by atoms with Gasteiger partial charge in [-0.3, -0.25) is 0 Å². The average molecular weight is 209 g/mol. The van der Waals surface area contributed by atoms with Gasteiger partial charge in [0.1, 0.15) is 7.05 Å². The zero-order chi connectivity index (χ0) is 7.40. The zero-order valence-corrected chi connectivity index (χ0v) is 8.61. The normalized spacial score (nSPS) is 8.17. The minimum Gasteiger partial charge on any atom is -1.00 e. The number of halogens is 2. The summed E-state index contributed by atoms with van der Waals surface area (Å²) >= 11 is 0. The van der Waals surface area contributed by atoms with Crippen molar-refractivity contribution in [1.82, 2.24) is 0 Å². The van der Waals surface area contributed by atoms with Gasteiger partial charge in [-0.05, 0) is 19.0 Å². The van der Waals surface area contributed by atoms with Gasteiger partial charge in [0.15, 0.2) is 12.4 Å². The molecule has 0 fully saturated rings. The van der Waals surface area contributed by atoms with Gasteiger partial charge in [0.25, 0.3) is 0 Å². The number of pyridine rings is 1. The lowest BCUT2D eigenvalue weighted by Crippen LogP contribution is -3.00. The first-order chi connectivity index (χ1) is 4.83. The van der Waals surface area contributed by atoms with E-state index in [2.05, 4.69) is 12.3 Å². The van der Waals surface area contributed by atoms with Crippen molar-refractivity contribution in [2.75, 3.05) is 6.54 Å². The molecular weight excluding hydrogens is 195 g/mol. The highest BCUT2D eigenvalue weighted by Crippen LogP contribution is 1.92. The minimum atomic E-state index is 0. The molecule has 0 amide bonds. The van der Waals surface area contributed by atoms with Gasteiger partial charge in [0.2, 0.25) is 0 Å². The Morgan fingerprint density at radius 2 is 2.17 bits per heavy atom. The van der Waals surface area contributed by atoms with Crippen LogP contribution in [0.25, 0.3) is 0 Å². The van der Waals surface area contributed by atoms with Gasteiger partial charge >= 0.3 is 0 Å². The van der Waals surface area contributed by atoms with Crippen molar-refractivity contribution in [2.24, 2.45) is 12.8 Å². The summed E-state index contributed by atoms with van der Waals surface area (Å²) in [6.45, 7) is 0.726. The SMILES string of the molecule is C[n+]1cccc(CCN)c1.Cl.[Cl-]. The molecule has 0 atom stereocenters. The lowest BCUT2D eigenvalue weighted by atomic mass is 10.2. The van der Waals surface area contributed by atoms with E-state index in [1.54, 1.807) is 0 Å². The van der Waals surface area contributed by atoms with Crippen LogP contribution in [0.2, 0.25) is 0 Å². The molecule has 2 nitrogen and oxygen atoms in total. The first kappa shape index (κ1) is 14.2. The van der Waals surface area contributed by atoms with Crippen LogP contribution in [-0.4, -0.2) is 6.54 Å². The quantitative estimate of drug-likeness (QED) is 0.533. The summed E-state index contributed by atoms with van der Waals surface area (Å²) in [5, 5.41) is 0. The maximum absolute atomic E-state index is 5.40. The van der Waals surface area contributed by atoms with Gasteiger partial charge in [-0.15, -0.1) is 12.4 Å². The van der Waals surface area contributed by atoms with Crippen LogP contribution in [0, 0.1) is 0 Å². The summed E-state index contributed by atoms with van der Waals surface area (Å²) < 4.78 is 2.03. The number of hydrogen-bond donors (Lipinski definition) is 1. The molecule has 0 saturated carbocycles. The summed E-state index contributed by atoms with van der Waals surface area (Å²) in [4.78, 5) is 0. The fraction of sp³-hybridized carbons (Fsp3) is 0.375. The highest BCUT2D eigenvalue weighted by molar-refractivity contribution is 5.85. The van der Waals surface area contributed by atoms with E-state index >= 15 is 0 Å². The van der Waals surface area contributed by atoms with Crippen molar-refractivity contribution in [3.63, 3.8) is 0 Å². The second-order valence-corrected chi connectivity index (χ2v) is 2.42. The summed E-state index contributed by atoms with van der Waals surface area (Å²) in [6.07, 6.45) is 5.07. The molecule has 0 aliphatic rings. The van der Waals surface area contributed by atoms with Crippen LogP contribution in [0.4, 0.5) is 0 Å². The standard InChI is InChI=1S/C8H13N2.2ClH/c1-10-6-2-3-8(7-10)4-5-9;;/h2-3,6-7H,4-5,9H2,1H3;2*1H/q+1;;/p-1. The van der Waals surface area contributed by atoms with Gasteiger partial charge in [-0.25, -0.2) is 4.57 Å². The van der Waals surface area contributed by atoms with Crippen LogP contribution in [0.15, 0.2) is 24.5 Å². The number of hydrogen-bond acceptors (Lipinski definition) is 1. The van der Waals surface area contributed by atoms with E-state index in [-0.39, 0.29) is 24.8 Å². The predicted molar refractivity (Wildman–Crippen MR) is 47.6 cm³/mol. The molecule has 0 spiro atoms. The van der Waals surface area contributed by atoms with Gasteiger partial charge in [-0.1, -0.05) is 0 Å². The van der Waals surface area contributed by atoms with Gasteiger partial charge in [-0.2, -0.15) is 0 Å². The molecule has 12 heavy (non-hydrogen) atoms. The average Bonchev–Trinajstić information content (AvgIpc) is 1.88. The minimum absolute atomic E-state index is 0. The van der Waals surface area contributed by atoms with Crippen LogP contribution in [-0.2, 0) is 13.5 Å². The number of rotatable bonds is 2. The van der Waals surface area contributed by atoms with Crippen molar-refractivity contribution in [1.29, 1.82) is 0 Å². The molecule has 1 aromatic heterocycles. The molecule has 1 aromatic rings. The van der Waals surface area contributed by atoms with E-state index in [0.29, 0.717) is 0 Å². The number of aromatic nitrogens is 1. The van der Waals surface area contributed by atoms with Crippen LogP contribution >= 0.6 is 12.4 Å². The molecular formula is C8H14Cl2N2. The maximum atomic E-state index is 5.40. The molecule has 0 saturated heterocycles. The molecule has 70 valence electrons. The molecule has 1 heterocycles. The maximum Gasteiger partial charge on any atom is 0.171 e. The highest BCUT2D eigenvalue weighted by Gasteiger charge is 1.94. The fourth-order valence-corrected chi connectivity index (χ4v) is 0.965. The number of nitrogens with zero attached hydrogens (tertiary/aromatic N) is 1. The largest absolute Gasteiger partial charge is 1.00 e. The molecule has 0 aliphatic heterocycles. The van der Waals surface area contributed by atoms with Gasteiger partial charge < -0.3 is 18.1 Å². The first-order valence-corrected chi connectivity index (χ1v) is 3.47. The van der Waals surface area contributed by atoms with E-state index in [0.717, 1.165) is 13.0 Å². The number of nitrogens with two attached hydrogens (primary N) is 1. The lowest BCUT2D eigenvalue weighted by Gasteiger charge is -1.93. The summed E-state index contributed by atoms with van der Waals surface area (Å²) in [6, 6.07) is 4.12. The molecule has 2 N–H and O–H groups in total. The second kappa shape index (κ2) is 7.35. The molecule has 0 bridgehead atoms. The Morgan fingerprint density at radius 1 is 1.50 bits per heavy atom. The molecule has 0 unspecified atom stereocenters. The molecule has 0 aliphatic carbocycles. The van der Waals surface area contributed by atoms with E-state index in [4.69, 9.17) is 5.73 Å². The molecule has 4 heteroatoms. The topological polar surface area (TPSA) is 29.9 Å². The molecule has 1 rings (SSSR count). The third-order valence-corrected chi connectivity index (χ3v) is 1.43. The van der Waals surface area contributed by atoms with E-state index in [1.807, 2.05) is 23.9 Å². The number of aryl methyl sites for hydroxylation is 1. The Labute approximate surface area is 85.6 Å². The van der Waals surface area contributed by atoms with Crippen molar-refractivity contribution >= 4 is 12.4 Å². The van der Waals surface area contributed by atoms with Crippen LogP contribution in [0.3, 0.4) is 0 Å². The zero-order valence-electron chi connectivity index (χ0n) is 7.03. The van der Waals surface area contributed by atoms with Crippen molar-refractivity contribution < 1.29 is 17.0 Å². The van der Waals surface area contributed by atoms with Crippen molar-refractivity contribution in [3.8, 4) is 0 Å². The Hall–Kier alpha value is -0.310. The molecule has 0 aromatic carbocycles. The smallest absolute Gasteiger partial charge is 0.171 e. The van der Waals surface area contributed by atoms with Crippen LogP contribution in [0.1, 0.15) is 5.56 Å². The Kier molecular flexibility index (Phi) is 8.71. The first-order valence-electron chi connectivity index (χ1n) is 3.47. The lowest BCUT2D eigenvalue weighted by molar-refractivity contribution is -0.671. The van der Waals surface area contributed by atoms with Gasteiger partial charge in [0.05, 0.1) is 0 Å². The second-order valence-electron chi connectivity index (χ2n) is 2.42. The fourth-order valence-electron chi connectivity index (χ4n) is 0.965. The Bertz CT molecular complexity index is 216. The summed E-state index contributed by atoms with van der Waals surface area (Å²) in [7, 11) is 2.01. The van der Waals surface area contributed by atoms with Crippen LogP contribution in [0.5, 0.6) is 0 Å². The summed E-state index contributed by atoms with van der Waals surface area (Å²) in [5.41, 5.74) is 6.70. The monoisotopic (exact) mass is 208 g/mol. The van der Waals surface area contributed by atoms with Crippen molar-refractivity contribution in [2.45, 2.75) is 6.42 Å². The van der Waals surface area contributed by atoms with E-state index in [1.165, 1.54) is 5.56 Å². The van der Waals surface area contributed by atoms with Crippen LogP contribution < -0.4 is 22.7 Å². The summed E-state index contributed by atoms with van der Waals surface area (Å²) in [5.74, 6) is 0.